The van der Waals surface area contributed by atoms with Crippen molar-refractivity contribution in [3.63, 3.8) is 0 Å². The molecule has 2 aliphatic heterocycles. The summed E-state index contributed by atoms with van der Waals surface area (Å²) >= 11 is 5.32. The molecule has 0 aromatic heterocycles. The molecule has 0 aromatic rings. The number of morpholine rings is 1. The van der Waals surface area contributed by atoms with Crippen molar-refractivity contribution in [2.45, 2.75) is 0 Å². The van der Waals surface area contributed by atoms with E-state index in [4.69, 9.17) is 26.4 Å². The largest absolute Gasteiger partial charge is 0.493 e. The van der Waals surface area contributed by atoms with Crippen molar-refractivity contribution in [3.05, 3.63) is 23.7 Å². The lowest BCUT2D eigenvalue weighted by molar-refractivity contribution is -0.128. The predicted molar refractivity (Wildman–Crippen MR) is 92.7 cm³/mol. The van der Waals surface area contributed by atoms with Gasteiger partial charge in [0.15, 0.2) is 11.5 Å². The van der Waals surface area contributed by atoms with Crippen LogP contribution >= 0.6 is 12.2 Å². The second-order valence-electron chi connectivity index (χ2n) is 5.69. The summed E-state index contributed by atoms with van der Waals surface area (Å²) in [6.45, 7) is 4.50. The summed E-state index contributed by atoms with van der Waals surface area (Å²) in [7, 11) is 3.10. The Morgan fingerprint density at radius 1 is 1.25 bits per heavy atom. The van der Waals surface area contributed by atoms with Gasteiger partial charge in [-0.25, -0.2) is 4.99 Å². The number of nitrogens with zero attached hydrogens (tertiary/aromatic N) is 3. The number of rotatable bonds is 5. The van der Waals surface area contributed by atoms with Gasteiger partial charge in [-0.05, 0) is 18.3 Å². The molecule has 7 nitrogen and oxygen atoms in total. The van der Waals surface area contributed by atoms with Crippen LogP contribution < -0.4 is 0 Å². The molecule has 8 heteroatoms. The molecule has 0 bridgehead atoms. The summed E-state index contributed by atoms with van der Waals surface area (Å²) < 4.78 is 15.9. The Labute approximate surface area is 146 Å². The minimum atomic E-state index is -0.477. The van der Waals surface area contributed by atoms with Crippen molar-refractivity contribution in [1.29, 1.82) is 0 Å². The molecule has 24 heavy (non-hydrogen) atoms. The van der Waals surface area contributed by atoms with E-state index in [0.717, 1.165) is 32.8 Å². The van der Waals surface area contributed by atoms with Gasteiger partial charge in [0.25, 0.3) is 0 Å². The number of methoxy groups -OCH3 is 2. The topological polar surface area (TPSA) is 63.6 Å². The lowest BCUT2D eigenvalue weighted by Crippen LogP contribution is -2.50. The fraction of sp³-hybridized carbons (Fsp3) is 0.562. The molecule has 0 N–H and O–H groups in total. The Morgan fingerprint density at radius 3 is 2.62 bits per heavy atom. The molecule has 1 atom stereocenters. The molecule has 0 aromatic carbocycles. The van der Waals surface area contributed by atoms with Gasteiger partial charge in [-0.1, -0.05) is 0 Å². The number of carbonyl (C=O) groups is 1. The van der Waals surface area contributed by atoms with Crippen molar-refractivity contribution >= 4 is 28.9 Å². The van der Waals surface area contributed by atoms with Crippen LogP contribution in [0.2, 0.25) is 0 Å². The first-order valence-corrected chi connectivity index (χ1v) is 8.30. The van der Waals surface area contributed by atoms with Crippen molar-refractivity contribution in [1.82, 2.24) is 9.80 Å². The number of hydrogen-bond acceptors (Lipinski definition) is 6. The fourth-order valence-electron chi connectivity index (χ4n) is 2.95. The zero-order valence-electron chi connectivity index (χ0n) is 13.9. The van der Waals surface area contributed by atoms with Crippen molar-refractivity contribution in [2.75, 3.05) is 53.6 Å². The number of carbonyl (C=O) groups excluding carboxylic acids is 1. The second kappa shape index (κ2) is 7.42. The molecule has 3 aliphatic rings. The molecular formula is C16H21N3O4S. The highest BCUT2D eigenvalue weighted by molar-refractivity contribution is 7.80. The Balaban J connectivity index is 1.74. The fourth-order valence-corrected chi connectivity index (χ4v) is 3.23. The maximum atomic E-state index is 12.8. The number of hydrogen-bond donors (Lipinski definition) is 0. The molecule has 3 rings (SSSR count). The first-order valence-electron chi connectivity index (χ1n) is 7.90. The Bertz CT molecular complexity index is 623. The van der Waals surface area contributed by atoms with Crippen LogP contribution in [0.15, 0.2) is 28.7 Å². The predicted octanol–water partition coefficient (Wildman–Crippen LogP) is 0.577. The highest BCUT2D eigenvalue weighted by atomic mass is 32.1. The van der Waals surface area contributed by atoms with Gasteiger partial charge in [-0.3, -0.25) is 14.6 Å². The number of fused-ring (bicyclic) bond motifs is 1. The smallest absolute Gasteiger partial charge is 0.241 e. The van der Waals surface area contributed by atoms with E-state index in [0.29, 0.717) is 28.9 Å². The number of aliphatic imine (C=N–C) groups is 1. The zero-order chi connectivity index (χ0) is 17.1. The van der Waals surface area contributed by atoms with Crippen molar-refractivity contribution < 1.29 is 19.0 Å². The van der Waals surface area contributed by atoms with E-state index >= 15 is 0 Å². The number of allylic oxidation sites excluding steroid dienone is 1. The lowest BCUT2D eigenvalue weighted by atomic mass is 9.93. The van der Waals surface area contributed by atoms with Gasteiger partial charge in [0.05, 0.1) is 33.1 Å². The van der Waals surface area contributed by atoms with E-state index in [-0.39, 0.29) is 5.91 Å². The number of amides is 1. The molecule has 1 saturated heterocycles. The zero-order valence-corrected chi connectivity index (χ0v) is 14.7. The number of ether oxygens (including phenoxy) is 3. The molecule has 0 saturated carbocycles. The summed E-state index contributed by atoms with van der Waals surface area (Å²) in [5.74, 6) is 0.537. The SMILES string of the molecule is COC1=CC2=NC(=S)N(CCN3CCOCC3)C(=O)C2C=C1OC. The number of thiocarbonyl (C=S) groups is 1. The summed E-state index contributed by atoms with van der Waals surface area (Å²) in [5, 5.41) is 0.306. The molecule has 1 amide bonds. The normalized spacial score (nSPS) is 24.8. The molecular weight excluding hydrogens is 330 g/mol. The minimum Gasteiger partial charge on any atom is -0.493 e. The van der Waals surface area contributed by atoms with Crippen LogP contribution in [-0.2, 0) is 19.0 Å². The first kappa shape index (κ1) is 17.1. The first-order chi connectivity index (χ1) is 11.6. The van der Waals surface area contributed by atoms with Gasteiger partial charge in [0, 0.05) is 32.3 Å². The maximum absolute atomic E-state index is 12.8. The molecule has 0 spiro atoms. The van der Waals surface area contributed by atoms with Crippen LogP contribution in [0.5, 0.6) is 0 Å². The average Bonchev–Trinajstić information content (AvgIpc) is 2.61. The van der Waals surface area contributed by atoms with Gasteiger partial charge >= 0.3 is 0 Å². The van der Waals surface area contributed by atoms with E-state index in [1.807, 2.05) is 0 Å². The molecule has 1 aliphatic carbocycles. The summed E-state index contributed by atoms with van der Waals surface area (Å²) in [4.78, 5) is 21.1. The highest BCUT2D eigenvalue weighted by Crippen LogP contribution is 2.27. The summed E-state index contributed by atoms with van der Waals surface area (Å²) in [6.07, 6.45) is 3.45. The molecule has 1 unspecified atom stereocenters. The standard InChI is InChI=1S/C16H21N3O4S/c1-21-13-9-11-12(10-14(13)22-2)17-16(24)19(15(11)20)4-3-18-5-7-23-8-6-18/h9-11H,3-8H2,1-2H3. The van der Waals surface area contributed by atoms with E-state index in [2.05, 4.69) is 9.89 Å². The Kier molecular flexibility index (Phi) is 5.27. The molecule has 130 valence electrons. The lowest BCUT2D eigenvalue weighted by Gasteiger charge is -2.34. The molecule has 0 radical (unpaired) electrons. The van der Waals surface area contributed by atoms with Gasteiger partial charge in [0.1, 0.15) is 5.92 Å². The van der Waals surface area contributed by atoms with Crippen LogP contribution in [0.1, 0.15) is 0 Å². The third-order valence-electron chi connectivity index (χ3n) is 4.33. The van der Waals surface area contributed by atoms with Gasteiger partial charge in [0.2, 0.25) is 11.0 Å². The monoisotopic (exact) mass is 351 g/mol. The maximum Gasteiger partial charge on any atom is 0.241 e. The third kappa shape index (κ3) is 3.35. The average molecular weight is 351 g/mol. The highest BCUT2D eigenvalue weighted by Gasteiger charge is 2.37. The quantitative estimate of drug-likeness (QED) is 0.675. The van der Waals surface area contributed by atoms with Crippen LogP contribution in [-0.4, -0.2) is 80.1 Å². The Hall–Kier alpha value is -1.77. The van der Waals surface area contributed by atoms with E-state index in [1.165, 1.54) is 0 Å². The molecule has 2 heterocycles. The summed E-state index contributed by atoms with van der Waals surface area (Å²) in [5.41, 5.74) is 0.602. The van der Waals surface area contributed by atoms with Crippen LogP contribution in [0, 0.1) is 5.92 Å². The van der Waals surface area contributed by atoms with Gasteiger partial charge in [-0.2, -0.15) is 0 Å². The third-order valence-corrected chi connectivity index (χ3v) is 4.64. The van der Waals surface area contributed by atoms with Crippen LogP contribution in [0.4, 0.5) is 0 Å². The molecule has 1 fully saturated rings. The van der Waals surface area contributed by atoms with E-state index < -0.39 is 5.92 Å². The Morgan fingerprint density at radius 2 is 1.96 bits per heavy atom. The van der Waals surface area contributed by atoms with Gasteiger partial charge in [-0.15, -0.1) is 0 Å². The summed E-state index contributed by atoms with van der Waals surface area (Å²) in [6, 6.07) is 0. The van der Waals surface area contributed by atoms with Crippen LogP contribution in [0.25, 0.3) is 0 Å². The van der Waals surface area contributed by atoms with Crippen molar-refractivity contribution in [3.8, 4) is 0 Å². The van der Waals surface area contributed by atoms with Gasteiger partial charge < -0.3 is 14.2 Å². The second-order valence-corrected chi connectivity index (χ2v) is 6.05. The van der Waals surface area contributed by atoms with E-state index in [1.54, 1.807) is 31.3 Å². The van der Waals surface area contributed by atoms with E-state index in [9.17, 15) is 4.79 Å². The minimum absolute atomic E-state index is 0.0702. The van der Waals surface area contributed by atoms with Crippen molar-refractivity contribution in [2.24, 2.45) is 10.9 Å². The van der Waals surface area contributed by atoms with Crippen LogP contribution in [0.3, 0.4) is 0 Å².